The van der Waals surface area contributed by atoms with Gasteiger partial charge in [-0.1, -0.05) is 20.8 Å². The molecule has 0 amide bonds. The maximum atomic E-state index is 5.91. The summed E-state index contributed by atoms with van der Waals surface area (Å²) in [7, 11) is 2.00. The second kappa shape index (κ2) is 4.35. The molecular weight excluding hydrogens is 196 g/mol. The number of hydrogen-bond acceptors (Lipinski definition) is 1. The van der Waals surface area contributed by atoms with Crippen molar-refractivity contribution in [1.82, 2.24) is 9.78 Å². The van der Waals surface area contributed by atoms with Gasteiger partial charge in [-0.25, -0.2) is 0 Å². The van der Waals surface area contributed by atoms with Crippen molar-refractivity contribution in [3.63, 3.8) is 0 Å². The lowest BCUT2D eigenvalue weighted by Gasteiger charge is -2.20. The summed E-state index contributed by atoms with van der Waals surface area (Å²) in [6.45, 7) is 6.48. The summed E-state index contributed by atoms with van der Waals surface area (Å²) in [5.41, 5.74) is 2.58. The van der Waals surface area contributed by atoms with Gasteiger partial charge in [-0.05, 0) is 24.3 Å². The fourth-order valence-electron chi connectivity index (χ4n) is 1.45. The summed E-state index contributed by atoms with van der Waals surface area (Å²) in [6.07, 6.45) is 1.98. The van der Waals surface area contributed by atoms with Crippen LogP contribution in [0.3, 0.4) is 0 Å². The molecule has 1 heterocycles. The van der Waals surface area contributed by atoms with E-state index in [1.54, 1.807) is 0 Å². The molecule has 80 valence electrons. The molecule has 0 N–H and O–H groups in total. The Hall–Kier alpha value is -0.500. The van der Waals surface area contributed by atoms with Gasteiger partial charge in [0.2, 0.25) is 0 Å². The van der Waals surface area contributed by atoms with Crippen molar-refractivity contribution in [2.45, 2.75) is 33.6 Å². The van der Waals surface area contributed by atoms with Crippen LogP contribution in [0.25, 0.3) is 0 Å². The molecule has 0 radical (unpaired) electrons. The maximum absolute atomic E-state index is 5.91. The first-order chi connectivity index (χ1) is 6.48. The fraction of sp³-hybridized carbons (Fsp3) is 0.727. The molecule has 2 nitrogen and oxygen atoms in total. The third kappa shape index (κ3) is 2.74. The zero-order valence-corrected chi connectivity index (χ0v) is 10.2. The average molecular weight is 215 g/mol. The molecule has 0 unspecified atom stereocenters. The second-order valence-electron chi connectivity index (χ2n) is 4.58. The van der Waals surface area contributed by atoms with Gasteiger partial charge in [0.15, 0.2) is 0 Å². The zero-order chi connectivity index (χ0) is 10.8. The van der Waals surface area contributed by atoms with E-state index < -0.39 is 0 Å². The molecule has 0 atom stereocenters. The van der Waals surface area contributed by atoms with Crippen molar-refractivity contribution in [1.29, 1.82) is 0 Å². The lowest BCUT2D eigenvalue weighted by molar-refractivity contribution is 0.404. The van der Waals surface area contributed by atoms with Gasteiger partial charge in [0.05, 0.1) is 5.69 Å². The third-order valence-electron chi connectivity index (χ3n) is 2.41. The third-order valence-corrected chi connectivity index (χ3v) is 3.13. The largest absolute Gasteiger partial charge is 0.272 e. The van der Waals surface area contributed by atoms with E-state index in [0.29, 0.717) is 5.88 Å². The Morgan fingerprint density at radius 2 is 2.14 bits per heavy atom. The van der Waals surface area contributed by atoms with E-state index in [-0.39, 0.29) is 5.41 Å². The van der Waals surface area contributed by atoms with Crippen LogP contribution in [0, 0.1) is 5.41 Å². The number of aromatic nitrogens is 2. The van der Waals surface area contributed by atoms with Gasteiger partial charge in [0, 0.05) is 18.6 Å². The van der Waals surface area contributed by atoms with Crippen molar-refractivity contribution in [2.75, 3.05) is 5.88 Å². The van der Waals surface area contributed by atoms with E-state index in [1.165, 1.54) is 5.69 Å². The highest BCUT2D eigenvalue weighted by molar-refractivity contribution is 6.18. The summed E-state index contributed by atoms with van der Waals surface area (Å²) in [5, 5.41) is 4.42. The van der Waals surface area contributed by atoms with Gasteiger partial charge >= 0.3 is 0 Å². The van der Waals surface area contributed by atoms with Gasteiger partial charge in [0.25, 0.3) is 0 Å². The monoisotopic (exact) mass is 214 g/mol. The normalized spacial score (nSPS) is 12.1. The van der Waals surface area contributed by atoms with Crippen LogP contribution in [0.5, 0.6) is 0 Å². The smallest absolute Gasteiger partial charge is 0.0624 e. The van der Waals surface area contributed by atoms with E-state index in [0.717, 1.165) is 18.5 Å². The second-order valence-corrected chi connectivity index (χ2v) is 4.85. The van der Waals surface area contributed by atoms with Crippen LogP contribution in [0.15, 0.2) is 6.07 Å². The lowest BCUT2D eigenvalue weighted by atomic mass is 9.90. The quantitative estimate of drug-likeness (QED) is 0.705. The Morgan fingerprint density at radius 3 is 2.57 bits per heavy atom. The fourth-order valence-corrected chi connectivity index (χ4v) is 1.54. The predicted molar refractivity (Wildman–Crippen MR) is 60.8 cm³/mol. The average Bonchev–Trinajstić information content (AvgIpc) is 2.47. The van der Waals surface area contributed by atoms with Crippen LogP contribution in [0.2, 0.25) is 0 Å². The van der Waals surface area contributed by atoms with Gasteiger partial charge in [-0.15, -0.1) is 11.6 Å². The number of alkyl halides is 1. The van der Waals surface area contributed by atoms with E-state index in [9.17, 15) is 0 Å². The minimum atomic E-state index is 0.153. The van der Waals surface area contributed by atoms with Crippen molar-refractivity contribution in [2.24, 2.45) is 12.5 Å². The Labute approximate surface area is 91.3 Å². The summed E-state index contributed by atoms with van der Waals surface area (Å²) in [5.74, 6) is 0.680. The van der Waals surface area contributed by atoms with E-state index in [1.807, 2.05) is 11.7 Å². The standard InChI is InChI=1S/C11H19ClN2/c1-5-9-6-10(14(4)13-9)7-11(2,3)8-12/h6H,5,7-8H2,1-4H3. The summed E-state index contributed by atoms with van der Waals surface area (Å²) < 4.78 is 1.97. The molecule has 14 heavy (non-hydrogen) atoms. The van der Waals surface area contributed by atoms with Crippen LogP contribution in [0.1, 0.15) is 32.2 Å². The first-order valence-electron chi connectivity index (χ1n) is 5.06. The Kier molecular flexibility index (Phi) is 3.59. The highest BCUT2D eigenvalue weighted by atomic mass is 35.5. The zero-order valence-electron chi connectivity index (χ0n) is 9.47. The molecule has 0 spiro atoms. The molecule has 0 fully saturated rings. The Morgan fingerprint density at radius 1 is 1.50 bits per heavy atom. The minimum Gasteiger partial charge on any atom is -0.272 e. The summed E-state index contributed by atoms with van der Waals surface area (Å²) in [4.78, 5) is 0. The SMILES string of the molecule is CCc1cc(CC(C)(C)CCl)n(C)n1. The molecule has 1 aromatic heterocycles. The topological polar surface area (TPSA) is 17.8 Å². The van der Waals surface area contributed by atoms with Crippen LogP contribution >= 0.6 is 11.6 Å². The van der Waals surface area contributed by atoms with Crippen LogP contribution in [-0.4, -0.2) is 15.7 Å². The van der Waals surface area contributed by atoms with Crippen molar-refractivity contribution in [3.05, 3.63) is 17.5 Å². The molecule has 3 heteroatoms. The number of hydrogen-bond donors (Lipinski definition) is 0. The number of aryl methyl sites for hydroxylation is 2. The lowest BCUT2D eigenvalue weighted by Crippen LogP contribution is -2.18. The molecule has 0 bridgehead atoms. The highest BCUT2D eigenvalue weighted by Gasteiger charge is 2.19. The molecule has 0 saturated heterocycles. The molecule has 0 aliphatic heterocycles. The van der Waals surface area contributed by atoms with Crippen molar-refractivity contribution in [3.8, 4) is 0 Å². The Balaban J connectivity index is 2.81. The first kappa shape index (κ1) is 11.6. The maximum Gasteiger partial charge on any atom is 0.0624 e. The van der Waals surface area contributed by atoms with Crippen LogP contribution in [-0.2, 0) is 19.9 Å². The van der Waals surface area contributed by atoms with Crippen molar-refractivity contribution >= 4 is 11.6 Å². The molecule has 1 rings (SSSR count). The summed E-state index contributed by atoms with van der Waals surface area (Å²) in [6, 6.07) is 2.17. The van der Waals surface area contributed by atoms with E-state index >= 15 is 0 Å². The van der Waals surface area contributed by atoms with Crippen molar-refractivity contribution < 1.29 is 0 Å². The molecule has 1 aromatic rings. The van der Waals surface area contributed by atoms with Gasteiger partial charge in [-0.2, -0.15) is 5.10 Å². The number of nitrogens with zero attached hydrogens (tertiary/aromatic N) is 2. The van der Waals surface area contributed by atoms with E-state index in [2.05, 4.69) is 31.9 Å². The number of rotatable bonds is 4. The van der Waals surface area contributed by atoms with Crippen LogP contribution < -0.4 is 0 Å². The van der Waals surface area contributed by atoms with Gasteiger partial charge < -0.3 is 0 Å². The minimum absolute atomic E-state index is 0.153. The highest BCUT2D eigenvalue weighted by Crippen LogP contribution is 2.23. The number of halogens is 1. The first-order valence-corrected chi connectivity index (χ1v) is 5.59. The molecule has 0 aromatic carbocycles. The molecule has 0 aliphatic carbocycles. The predicted octanol–water partition coefficient (Wildman–Crippen LogP) is 2.79. The van der Waals surface area contributed by atoms with E-state index in [4.69, 9.17) is 11.6 Å². The Bertz CT molecular complexity index is 302. The van der Waals surface area contributed by atoms with Gasteiger partial charge in [-0.3, -0.25) is 4.68 Å². The summed E-state index contributed by atoms with van der Waals surface area (Å²) >= 11 is 5.91. The van der Waals surface area contributed by atoms with Crippen LogP contribution in [0.4, 0.5) is 0 Å². The van der Waals surface area contributed by atoms with Gasteiger partial charge in [0.1, 0.15) is 0 Å². The molecular formula is C11H19ClN2. The molecule has 0 aliphatic rings. The molecule has 0 saturated carbocycles.